The molecular weight excluding hydrogens is 276 g/mol. The van der Waals surface area contributed by atoms with Crippen LogP contribution in [0.5, 0.6) is 5.75 Å². The molecule has 6 nitrogen and oxygen atoms in total. The fraction of sp³-hybridized carbons (Fsp3) is 0.154. The van der Waals surface area contributed by atoms with Crippen LogP contribution in [0, 0.1) is 11.3 Å². The number of nitriles is 1. The number of hydrogen-bond acceptors (Lipinski definition) is 6. The summed E-state index contributed by atoms with van der Waals surface area (Å²) in [4.78, 5) is 17.9. The van der Waals surface area contributed by atoms with Crippen LogP contribution < -0.4 is 16.0 Å². The minimum Gasteiger partial charge on any atom is -0.495 e. The third kappa shape index (κ3) is 3.30. The number of H-pyrrole nitrogens is 1. The van der Waals surface area contributed by atoms with E-state index >= 15 is 0 Å². The fourth-order valence-corrected chi connectivity index (χ4v) is 2.42. The van der Waals surface area contributed by atoms with Crippen LogP contribution >= 0.6 is 11.8 Å². The molecule has 1 heterocycles. The van der Waals surface area contributed by atoms with Crippen molar-refractivity contribution >= 4 is 17.6 Å². The second kappa shape index (κ2) is 6.12. The van der Waals surface area contributed by atoms with Crippen LogP contribution in [-0.4, -0.2) is 17.1 Å². The van der Waals surface area contributed by atoms with Crippen molar-refractivity contribution in [1.29, 1.82) is 5.26 Å². The number of nitrogens with one attached hydrogen (secondary N) is 1. The van der Waals surface area contributed by atoms with E-state index in [2.05, 4.69) is 16.0 Å². The highest BCUT2D eigenvalue weighted by Gasteiger charge is 2.05. The van der Waals surface area contributed by atoms with Gasteiger partial charge in [-0.1, -0.05) is 17.8 Å². The molecule has 0 aliphatic heterocycles. The van der Waals surface area contributed by atoms with Gasteiger partial charge in [0, 0.05) is 11.8 Å². The number of hydrogen-bond donors (Lipinski definition) is 2. The maximum atomic E-state index is 11.3. The molecule has 0 unspecified atom stereocenters. The molecule has 2 rings (SSSR count). The number of aromatic amines is 1. The summed E-state index contributed by atoms with van der Waals surface area (Å²) in [5.74, 6) is 1.29. The van der Waals surface area contributed by atoms with Crippen molar-refractivity contribution in [3.05, 3.63) is 45.7 Å². The zero-order valence-corrected chi connectivity index (χ0v) is 11.5. The highest BCUT2D eigenvalue weighted by atomic mass is 32.2. The van der Waals surface area contributed by atoms with Crippen LogP contribution in [-0.2, 0) is 5.75 Å². The first-order chi connectivity index (χ1) is 9.62. The summed E-state index contributed by atoms with van der Waals surface area (Å²) in [6, 6.07) is 8.60. The first-order valence-electron chi connectivity index (χ1n) is 5.69. The van der Waals surface area contributed by atoms with E-state index in [1.54, 1.807) is 12.1 Å². The first-order valence-corrected chi connectivity index (χ1v) is 6.67. The third-order valence-electron chi connectivity index (χ3n) is 2.50. The van der Waals surface area contributed by atoms with Gasteiger partial charge in [0.05, 0.1) is 12.7 Å². The van der Waals surface area contributed by atoms with E-state index in [1.807, 2.05) is 6.07 Å². The molecule has 2 aromatic rings. The average molecular weight is 288 g/mol. The zero-order chi connectivity index (χ0) is 14.5. The van der Waals surface area contributed by atoms with Crippen LogP contribution in [0.25, 0.3) is 0 Å². The average Bonchev–Trinajstić information content (AvgIpc) is 2.43. The summed E-state index contributed by atoms with van der Waals surface area (Å²) in [6.07, 6.45) is 0. The highest BCUT2D eigenvalue weighted by Crippen LogP contribution is 2.24. The second-order valence-electron chi connectivity index (χ2n) is 3.91. The molecule has 0 bridgehead atoms. The zero-order valence-electron chi connectivity index (χ0n) is 10.7. The Morgan fingerprint density at radius 3 is 2.95 bits per heavy atom. The van der Waals surface area contributed by atoms with Gasteiger partial charge in [0.2, 0.25) is 0 Å². The van der Waals surface area contributed by atoms with Crippen molar-refractivity contribution in [1.82, 2.24) is 9.97 Å². The number of nitrogens with two attached hydrogens (primary N) is 1. The highest BCUT2D eigenvalue weighted by molar-refractivity contribution is 7.98. The Kier molecular flexibility index (Phi) is 4.27. The lowest BCUT2D eigenvalue weighted by Gasteiger charge is -2.06. The van der Waals surface area contributed by atoms with E-state index < -0.39 is 0 Å². The lowest BCUT2D eigenvalue weighted by molar-refractivity contribution is 0.413. The molecule has 1 aromatic heterocycles. The smallest absolute Gasteiger partial charge is 0.253 e. The quantitative estimate of drug-likeness (QED) is 0.653. The Bertz CT molecular complexity index is 721. The van der Waals surface area contributed by atoms with Crippen LogP contribution in [0.3, 0.4) is 0 Å². The lowest BCUT2D eigenvalue weighted by atomic mass is 10.1. The Balaban J connectivity index is 2.15. The van der Waals surface area contributed by atoms with E-state index in [4.69, 9.17) is 15.7 Å². The number of nitrogens with zero attached hydrogens (tertiary/aromatic N) is 2. The molecule has 0 aliphatic rings. The Morgan fingerprint density at radius 2 is 2.30 bits per heavy atom. The Hall–Kier alpha value is -2.46. The molecule has 0 atom stereocenters. The number of aromatic nitrogens is 2. The number of benzene rings is 1. The van der Waals surface area contributed by atoms with E-state index in [-0.39, 0.29) is 11.4 Å². The number of ether oxygens (including phenoxy) is 1. The molecular formula is C13H12N4O2S. The molecule has 0 radical (unpaired) electrons. The van der Waals surface area contributed by atoms with Crippen LogP contribution in [0.2, 0.25) is 0 Å². The van der Waals surface area contributed by atoms with E-state index in [0.717, 1.165) is 5.56 Å². The van der Waals surface area contributed by atoms with Gasteiger partial charge in [-0.05, 0) is 17.7 Å². The van der Waals surface area contributed by atoms with Crippen LogP contribution in [0.15, 0.2) is 34.2 Å². The summed E-state index contributed by atoms with van der Waals surface area (Å²) in [5.41, 5.74) is 6.67. The van der Waals surface area contributed by atoms with Gasteiger partial charge in [-0.2, -0.15) is 5.26 Å². The molecule has 0 amide bonds. The maximum absolute atomic E-state index is 11.3. The van der Waals surface area contributed by atoms with Crippen LogP contribution in [0.4, 0.5) is 5.82 Å². The van der Waals surface area contributed by atoms with Gasteiger partial charge in [0.25, 0.3) is 5.56 Å². The fourth-order valence-electron chi connectivity index (χ4n) is 1.59. The maximum Gasteiger partial charge on any atom is 0.253 e. The summed E-state index contributed by atoms with van der Waals surface area (Å²) in [6.45, 7) is 0. The minimum atomic E-state index is -0.280. The van der Waals surface area contributed by atoms with Gasteiger partial charge in [-0.25, -0.2) is 4.98 Å². The number of methoxy groups -OCH3 is 1. The minimum absolute atomic E-state index is 0.189. The van der Waals surface area contributed by atoms with Crippen molar-refractivity contribution in [2.24, 2.45) is 0 Å². The van der Waals surface area contributed by atoms with Gasteiger partial charge in [-0.3, -0.25) is 4.79 Å². The summed E-state index contributed by atoms with van der Waals surface area (Å²) in [5, 5.41) is 9.37. The molecule has 20 heavy (non-hydrogen) atoms. The second-order valence-corrected chi connectivity index (χ2v) is 4.87. The molecule has 0 aliphatic carbocycles. The topological polar surface area (TPSA) is 105 Å². The predicted molar refractivity (Wildman–Crippen MR) is 76.5 cm³/mol. The van der Waals surface area contributed by atoms with Gasteiger partial charge >= 0.3 is 0 Å². The molecule has 3 N–H and O–H groups in total. The third-order valence-corrected chi connectivity index (χ3v) is 3.45. The summed E-state index contributed by atoms with van der Waals surface area (Å²) >= 11 is 1.35. The van der Waals surface area contributed by atoms with Crippen molar-refractivity contribution < 1.29 is 4.74 Å². The van der Waals surface area contributed by atoms with Gasteiger partial charge < -0.3 is 15.5 Å². The van der Waals surface area contributed by atoms with E-state index in [9.17, 15) is 4.79 Å². The van der Waals surface area contributed by atoms with Gasteiger partial charge in [0.15, 0.2) is 5.16 Å². The molecule has 7 heteroatoms. The number of rotatable bonds is 4. The first kappa shape index (κ1) is 14.0. The molecule has 0 saturated carbocycles. The SMILES string of the molecule is COc1cc(CSc2nc(N)cc(=O)[nH]2)ccc1C#N. The predicted octanol–water partition coefficient (Wildman–Crippen LogP) is 1.52. The van der Waals surface area contributed by atoms with Crippen molar-refractivity contribution in [2.45, 2.75) is 10.9 Å². The number of thioether (sulfide) groups is 1. The number of nitrogen functional groups attached to an aromatic ring is 1. The largest absolute Gasteiger partial charge is 0.495 e. The van der Waals surface area contributed by atoms with Gasteiger partial charge in [-0.15, -0.1) is 0 Å². The van der Waals surface area contributed by atoms with E-state index in [0.29, 0.717) is 22.2 Å². The van der Waals surface area contributed by atoms with Crippen molar-refractivity contribution in [3.8, 4) is 11.8 Å². The van der Waals surface area contributed by atoms with E-state index in [1.165, 1.54) is 24.9 Å². The van der Waals surface area contributed by atoms with Crippen LogP contribution in [0.1, 0.15) is 11.1 Å². The Labute approximate surface area is 119 Å². The molecule has 1 aromatic carbocycles. The number of anilines is 1. The molecule has 0 fully saturated rings. The monoisotopic (exact) mass is 288 g/mol. The van der Waals surface area contributed by atoms with Crippen molar-refractivity contribution in [3.63, 3.8) is 0 Å². The molecule has 102 valence electrons. The molecule has 0 spiro atoms. The Morgan fingerprint density at radius 1 is 1.50 bits per heavy atom. The molecule has 0 saturated heterocycles. The standard InChI is InChI=1S/C13H12N4O2S/c1-19-10-4-8(2-3-9(10)6-14)7-20-13-16-11(15)5-12(18)17-13/h2-5H,7H2,1H3,(H3,15,16,17,18). The summed E-state index contributed by atoms with van der Waals surface area (Å²) in [7, 11) is 1.52. The lowest BCUT2D eigenvalue weighted by Crippen LogP contribution is -2.09. The summed E-state index contributed by atoms with van der Waals surface area (Å²) < 4.78 is 5.14. The van der Waals surface area contributed by atoms with Crippen molar-refractivity contribution in [2.75, 3.05) is 12.8 Å². The van der Waals surface area contributed by atoms with Gasteiger partial charge in [0.1, 0.15) is 17.6 Å². The normalized spacial score (nSPS) is 10.0.